The quantitative estimate of drug-likeness (QED) is 0.214. The van der Waals surface area contributed by atoms with Gasteiger partial charge in [0.25, 0.3) is 0 Å². The van der Waals surface area contributed by atoms with Crippen molar-refractivity contribution in [1.29, 1.82) is 0 Å². The van der Waals surface area contributed by atoms with Crippen molar-refractivity contribution in [2.24, 2.45) is 10.1 Å². The Hall–Kier alpha value is -1.06. The largest absolute Gasteiger partial charge is 0.277 e. The number of hydrogen-bond donors (Lipinski definition) is 2. The van der Waals surface area contributed by atoms with Crippen molar-refractivity contribution in [3.05, 3.63) is 0 Å². The minimum absolute atomic E-state index is 1.47. The van der Waals surface area contributed by atoms with Gasteiger partial charge in [0.15, 0.2) is 0 Å². The Kier molecular flexibility index (Phi) is 4.19. The lowest BCUT2D eigenvalue weighted by molar-refractivity contribution is 0.715. The van der Waals surface area contributed by atoms with Crippen molar-refractivity contribution >= 4 is 13.1 Å². The summed E-state index contributed by atoms with van der Waals surface area (Å²) in [7, 11) is 1.65. The minimum Gasteiger partial charge on any atom is -0.277 e. The summed E-state index contributed by atoms with van der Waals surface area (Å²) in [5, 5.41) is 3.27. The lowest BCUT2D eigenvalue weighted by atomic mass is 11.2. The van der Waals surface area contributed by atoms with E-state index in [2.05, 4.69) is 27.8 Å². The maximum Gasteiger partial charge on any atom is 0.102 e. The van der Waals surface area contributed by atoms with Crippen molar-refractivity contribution in [1.82, 2.24) is 11.0 Å². The fourth-order valence-electron chi connectivity index (χ4n) is 0.139. The first-order valence-electron chi connectivity index (χ1n) is 1.78. The third-order valence-electron chi connectivity index (χ3n) is 0.337. The Morgan fingerprint density at radius 2 is 2.43 bits per heavy atom. The second-order valence-electron chi connectivity index (χ2n) is 0.802. The summed E-state index contributed by atoms with van der Waals surface area (Å²) in [6.45, 7) is 3.15. The van der Waals surface area contributed by atoms with Gasteiger partial charge in [-0.3, -0.25) is 10.4 Å². The molecule has 0 rings (SSSR count). The first kappa shape index (κ1) is 5.94. The molecule has 4 heteroatoms. The van der Waals surface area contributed by atoms with Gasteiger partial charge in [-0.15, -0.1) is 0 Å². The maximum atomic E-state index is 3.59. The molecule has 0 aromatic heterocycles. The molecule has 0 unspecified atom stereocenters. The monoisotopic (exact) mass is 100 g/mol. The van der Waals surface area contributed by atoms with Crippen LogP contribution in [0.4, 0.5) is 0 Å². The molecular weight excluding hydrogens is 92.1 g/mol. The molecule has 0 amide bonds. The summed E-state index contributed by atoms with van der Waals surface area (Å²) >= 11 is 0. The smallest absolute Gasteiger partial charge is 0.102 e. The van der Waals surface area contributed by atoms with Gasteiger partial charge in [0.2, 0.25) is 0 Å². The van der Waals surface area contributed by atoms with Gasteiger partial charge in [-0.1, -0.05) is 0 Å². The molecule has 0 aliphatic rings. The molecule has 0 radical (unpaired) electrons. The number of aliphatic imine (C=N–C) groups is 1. The normalized spacial score (nSPS) is 8.71. The number of hydrazone groups is 1. The highest BCUT2D eigenvalue weighted by atomic mass is 15.5. The SMILES string of the molecule is C=NNNC=NC. The molecule has 40 valence electrons. The van der Waals surface area contributed by atoms with E-state index >= 15 is 0 Å². The fraction of sp³-hybridized carbons (Fsp3) is 0.333. The van der Waals surface area contributed by atoms with Gasteiger partial charge in [-0.05, 0) is 0 Å². The zero-order valence-electron chi connectivity index (χ0n) is 4.18. The number of rotatable bonds is 3. The van der Waals surface area contributed by atoms with Gasteiger partial charge in [0.05, 0.1) is 0 Å². The molecule has 0 saturated heterocycles. The van der Waals surface area contributed by atoms with Gasteiger partial charge < -0.3 is 0 Å². The van der Waals surface area contributed by atoms with E-state index in [9.17, 15) is 0 Å². The molecule has 0 aromatic carbocycles. The number of hydrazine groups is 1. The molecule has 0 spiro atoms. The van der Waals surface area contributed by atoms with Gasteiger partial charge >= 0.3 is 0 Å². The predicted octanol–water partition coefficient (Wildman–Crippen LogP) is -0.646. The second kappa shape index (κ2) is 4.94. The lowest BCUT2D eigenvalue weighted by Gasteiger charge is -1.91. The van der Waals surface area contributed by atoms with Crippen LogP contribution in [-0.4, -0.2) is 20.1 Å². The van der Waals surface area contributed by atoms with Crippen LogP contribution in [0, 0.1) is 0 Å². The maximum absolute atomic E-state index is 3.59. The Bertz CT molecular complexity index is 67.3. The van der Waals surface area contributed by atoms with Gasteiger partial charge in [-0.2, -0.15) is 5.10 Å². The van der Waals surface area contributed by atoms with Crippen LogP contribution >= 0.6 is 0 Å². The first-order chi connectivity index (χ1) is 3.41. The Morgan fingerprint density at radius 3 is 2.86 bits per heavy atom. The van der Waals surface area contributed by atoms with Crippen molar-refractivity contribution in [3.63, 3.8) is 0 Å². The first-order valence-corrected chi connectivity index (χ1v) is 1.78. The average molecular weight is 100 g/mol. The summed E-state index contributed by atoms with van der Waals surface area (Å²) < 4.78 is 0. The van der Waals surface area contributed by atoms with Gasteiger partial charge in [0, 0.05) is 13.8 Å². The molecule has 4 nitrogen and oxygen atoms in total. The third kappa shape index (κ3) is 4.94. The van der Waals surface area contributed by atoms with Crippen molar-refractivity contribution in [2.75, 3.05) is 7.05 Å². The molecule has 0 heterocycles. The lowest BCUT2D eigenvalue weighted by Crippen LogP contribution is -2.24. The van der Waals surface area contributed by atoms with Crippen LogP contribution in [0.5, 0.6) is 0 Å². The van der Waals surface area contributed by atoms with Crippen LogP contribution in [0.15, 0.2) is 10.1 Å². The van der Waals surface area contributed by atoms with Gasteiger partial charge in [0.1, 0.15) is 6.34 Å². The Morgan fingerprint density at radius 1 is 1.71 bits per heavy atom. The highest BCUT2D eigenvalue weighted by Crippen LogP contribution is 1.41. The summed E-state index contributed by atoms with van der Waals surface area (Å²) in [5.41, 5.74) is 4.88. The third-order valence-corrected chi connectivity index (χ3v) is 0.337. The standard InChI is InChI=1S/C3H8N4/c1-4-3-6-7-5-2/h3,7H,2H2,1H3,(H,4,6). The molecule has 0 aromatic rings. The summed E-state index contributed by atoms with van der Waals surface area (Å²) in [4.78, 5) is 3.59. The highest BCUT2D eigenvalue weighted by Gasteiger charge is 1.58. The van der Waals surface area contributed by atoms with Gasteiger partial charge in [-0.25, -0.2) is 5.53 Å². The predicted molar refractivity (Wildman–Crippen MR) is 30.2 cm³/mol. The molecule has 0 bridgehead atoms. The number of nitrogens with zero attached hydrogens (tertiary/aromatic N) is 2. The molecule has 0 fully saturated rings. The summed E-state index contributed by atoms with van der Waals surface area (Å²) in [5.74, 6) is 0. The van der Waals surface area contributed by atoms with E-state index in [4.69, 9.17) is 0 Å². The van der Waals surface area contributed by atoms with E-state index in [1.165, 1.54) is 6.34 Å². The zero-order chi connectivity index (χ0) is 5.54. The molecule has 0 aliphatic carbocycles. The molecule has 0 saturated carbocycles. The van der Waals surface area contributed by atoms with Crippen LogP contribution in [-0.2, 0) is 0 Å². The van der Waals surface area contributed by atoms with E-state index in [1.807, 2.05) is 0 Å². The van der Waals surface area contributed by atoms with Crippen LogP contribution in [0.1, 0.15) is 0 Å². The molecule has 7 heavy (non-hydrogen) atoms. The second-order valence-corrected chi connectivity index (χ2v) is 0.802. The molecule has 0 aliphatic heterocycles. The molecule has 2 N–H and O–H groups in total. The average Bonchev–Trinajstić information content (AvgIpc) is 1.69. The van der Waals surface area contributed by atoms with E-state index in [1.54, 1.807) is 7.05 Å². The van der Waals surface area contributed by atoms with Crippen molar-refractivity contribution < 1.29 is 0 Å². The van der Waals surface area contributed by atoms with Crippen LogP contribution in [0.2, 0.25) is 0 Å². The van der Waals surface area contributed by atoms with Crippen molar-refractivity contribution in [3.8, 4) is 0 Å². The highest BCUT2D eigenvalue weighted by molar-refractivity contribution is 5.52. The minimum atomic E-state index is 1.47. The fourth-order valence-corrected chi connectivity index (χ4v) is 0.139. The Balaban J connectivity index is 2.82. The molecule has 0 atom stereocenters. The van der Waals surface area contributed by atoms with E-state index < -0.39 is 0 Å². The van der Waals surface area contributed by atoms with Crippen molar-refractivity contribution in [2.45, 2.75) is 0 Å². The van der Waals surface area contributed by atoms with Crippen LogP contribution < -0.4 is 11.0 Å². The zero-order valence-corrected chi connectivity index (χ0v) is 4.18. The topological polar surface area (TPSA) is 48.8 Å². The summed E-state index contributed by atoms with van der Waals surface area (Å²) in [6.07, 6.45) is 1.47. The Labute approximate surface area is 42.3 Å². The summed E-state index contributed by atoms with van der Waals surface area (Å²) in [6, 6.07) is 0. The van der Waals surface area contributed by atoms with Crippen LogP contribution in [0.25, 0.3) is 0 Å². The van der Waals surface area contributed by atoms with E-state index in [0.717, 1.165) is 0 Å². The molecular formula is C3H8N4. The van der Waals surface area contributed by atoms with E-state index in [0.29, 0.717) is 0 Å². The van der Waals surface area contributed by atoms with E-state index in [-0.39, 0.29) is 0 Å². The van der Waals surface area contributed by atoms with Crippen LogP contribution in [0.3, 0.4) is 0 Å². The number of nitrogens with one attached hydrogen (secondary N) is 2. The number of hydrogen-bond acceptors (Lipinski definition) is 3.